The summed E-state index contributed by atoms with van der Waals surface area (Å²) >= 11 is 0. The van der Waals surface area contributed by atoms with Gasteiger partial charge < -0.3 is 15.7 Å². The van der Waals surface area contributed by atoms with E-state index in [1.54, 1.807) is 0 Å². The van der Waals surface area contributed by atoms with Crippen molar-refractivity contribution in [2.45, 2.75) is 31.9 Å². The highest BCUT2D eigenvalue weighted by molar-refractivity contribution is 5.54. The van der Waals surface area contributed by atoms with Gasteiger partial charge in [-0.15, -0.1) is 0 Å². The zero-order valence-electron chi connectivity index (χ0n) is 14.9. The van der Waals surface area contributed by atoms with Gasteiger partial charge in [-0.05, 0) is 42.2 Å². The topological polar surface area (TPSA) is 52.7 Å². The molecule has 132 valence electrons. The van der Waals surface area contributed by atoms with Crippen molar-refractivity contribution in [3.05, 3.63) is 59.2 Å². The second-order valence-corrected chi connectivity index (χ2v) is 7.34. The molecule has 4 nitrogen and oxygen atoms in total. The van der Waals surface area contributed by atoms with Gasteiger partial charge in [0.25, 0.3) is 0 Å². The van der Waals surface area contributed by atoms with E-state index in [2.05, 4.69) is 47.1 Å². The molecule has 1 saturated heterocycles. The lowest BCUT2D eigenvalue weighted by molar-refractivity contribution is 0.0397. The molecule has 2 aliphatic rings. The summed E-state index contributed by atoms with van der Waals surface area (Å²) in [6.07, 6.45) is 1.23. The van der Waals surface area contributed by atoms with Crippen molar-refractivity contribution >= 4 is 11.4 Å². The maximum absolute atomic E-state index is 10.7. The third-order valence-corrected chi connectivity index (χ3v) is 5.84. The number of aryl methyl sites for hydroxylation is 1. The standard InChI is InChI=1S/C21H27N3O/c1-15-5-2-3-8-19(15)23-9-11-24(12-10-23)20-13-16-6-4-7-18(22)17(16)14-21(20)25/h2-8,20-21,25H,9-14,22H2,1H3/t20-,21-/m0/s1. The Balaban J connectivity index is 1.45. The van der Waals surface area contributed by atoms with Gasteiger partial charge in [0.1, 0.15) is 0 Å². The van der Waals surface area contributed by atoms with E-state index in [9.17, 15) is 5.11 Å². The van der Waals surface area contributed by atoms with Crippen molar-refractivity contribution in [1.82, 2.24) is 4.90 Å². The Hall–Kier alpha value is -2.04. The predicted molar refractivity (Wildman–Crippen MR) is 103 cm³/mol. The number of hydrogen-bond donors (Lipinski definition) is 2. The van der Waals surface area contributed by atoms with Crippen LogP contribution < -0.4 is 10.6 Å². The lowest BCUT2D eigenvalue weighted by Gasteiger charge is -2.44. The Labute approximate surface area is 149 Å². The smallest absolute Gasteiger partial charge is 0.0739 e. The number of nitrogens with two attached hydrogens (primary N) is 1. The molecule has 1 aliphatic carbocycles. The maximum atomic E-state index is 10.7. The molecule has 2 aromatic carbocycles. The zero-order valence-corrected chi connectivity index (χ0v) is 14.9. The average molecular weight is 337 g/mol. The van der Waals surface area contributed by atoms with E-state index in [1.165, 1.54) is 16.8 Å². The summed E-state index contributed by atoms with van der Waals surface area (Å²) in [5.74, 6) is 0. The monoisotopic (exact) mass is 337 g/mol. The van der Waals surface area contributed by atoms with Crippen molar-refractivity contribution in [3.63, 3.8) is 0 Å². The van der Waals surface area contributed by atoms with E-state index < -0.39 is 0 Å². The number of aliphatic hydroxyl groups excluding tert-OH is 1. The molecule has 0 spiro atoms. The zero-order chi connectivity index (χ0) is 17.4. The van der Waals surface area contributed by atoms with Crippen molar-refractivity contribution in [1.29, 1.82) is 0 Å². The van der Waals surface area contributed by atoms with Crippen LogP contribution in [0.5, 0.6) is 0 Å². The number of rotatable bonds is 2. The number of benzene rings is 2. The number of piperazine rings is 1. The molecule has 0 aromatic heterocycles. The molecule has 1 aliphatic heterocycles. The fourth-order valence-electron chi connectivity index (χ4n) is 4.39. The minimum Gasteiger partial charge on any atom is -0.398 e. The number of nitrogens with zero attached hydrogens (tertiary/aromatic N) is 2. The Bertz CT molecular complexity index is 753. The molecule has 3 N–H and O–H groups in total. The van der Waals surface area contributed by atoms with E-state index in [4.69, 9.17) is 5.73 Å². The fourth-order valence-corrected chi connectivity index (χ4v) is 4.39. The first kappa shape index (κ1) is 16.4. The van der Waals surface area contributed by atoms with Gasteiger partial charge in [-0.2, -0.15) is 0 Å². The quantitative estimate of drug-likeness (QED) is 0.825. The van der Waals surface area contributed by atoms with Gasteiger partial charge in [0.15, 0.2) is 0 Å². The second-order valence-electron chi connectivity index (χ2n) is 7.34. The summed E-state index contributed by atoms with van der Waals surface area (Å²) in [6.45, 7) is 6.19. The summed E-state index contributed by atoms with van der Waals surface area (Å²) in [5, 5.41) is 10.7. The van der Waals surface area contributed by atoms with E-state index in [0.29, 0.717) is 6.42 Å². The average Bonchev–Trinajstić information content (AvgIpc) is 2.63. The van der Waals surface area contributed by atoms with Crippen LogP contribution in [-0.2, 0) is 12.8 Å². The van der Waals surface area contributed by atoms with Crippen LogP contribution >= 0.6 is 0 Å². The molecule has 25 heavy (non-hydrogen) atoms. The first-order valence-corrected chi connectivity index (χ1v) is 9.22. The molecule has 0 amide bonds. The SMILES string of the molecule is Cc1ccccc1N1CCN([C@H]2Cc3cccc(N)c3C[C@@H]2O)CC1. The van der Waals surface area contributed by atoms with Gasteiger partial charge in [0.05, 0.1) is 6.10 Å². The minimum absolute atomic E-state index is 0.202. The van der Waals surface area contributed by atoms with Gasteiger partial charge in [-0.25, -0.2) is 0 Å². The normalized spacial score (nSPS) is 24.2. The highest BCUT2D eigenvalue weighted by atomic mass is 16.3. The van der Waals surface area contributed by atoms with Crippen molar-refractivity contribution in [3.8, 4) is 0 Å². The minimum atomic E-state index is -0.331. The van der Waals surface area contributed by atoms with Crippen LogP contribution in [0.1, 0.15) is 16.7 Å². The van der Waals surface area contributed by atoms with Crippen LogP contribution in [-0.4, -0.2) is 48.3 Å². The number of fused-ring (bicyclic) bond motifs is 1. The first-order chi connectivity index (χ1) is 12.1. The molecular formula is C21H27N3O. The number of aliphatic hydroxyl groups is 1. The van der Waals surface area contributed by atoms with Crippen LogP contribution in [0.3, 0.4) is 0 Å². The van der Waals surface area contributed by atoms with Crippen molar-refractivity contribution < 1.29 is 5.11 Å². The molecule has 2 aromatic rings. The van der Waals surface area contributed by atoms with E-state index in [1.807, 2.05) is 12.1 Å². The van der Waals surface area contributed by atoms with Gasteiger partial charge in [-0.3, -0.25) is 4.90 Å². The second kappa shape index (κ2) is 6.70. The Kier molecular flexibility index (Phi) is 4.40. The molecule has 1 heterocycles. The summed E-state index contributed by atoms with van der Waals surface area (Å²) in [5.41, 5.74) is 12.0. The van der Waals surface area contributed by atoms with Crippen molar-refractivity contribution in [2.24, 2.45) is 0 Å². The van der Waals surface area contributed by atoms with Crippen LogP contribution in [0.2, 0.25) is 0 Å². The van der Waals surface area contributed by atoms with E-state index in [0.717, 1.165) is 43.9 Å². The Morgan fingerprint density at radius 3 is 2.48 bits per heavy atom. The summed E-state index contributed by atoms with van der Waals surface area (Å²) in [7, 11) is 0. The van der Waals surface area contributed by atoms with Gasteiger partial charge in [0, 0.05) is 50.0 Å². The molecule has 0 unspecified atom stereocenters. The Morgan fingerprint density at radius 1 is 0.960 bits per heavy atom. The molecular weight excluding hydrogens is 310 g/mol. The van der Waals surface area contributed by atoms with Gasteiger partial charge in [-0.1, -0.05) is 30.3 Å². The predicted octanol–water partition coefficient (Wildman–Crippen LogP) is 2.23. The summed E-state index contributed by atoms with van der Waals surface area (Å²) in [6, 6.07) is 14.9. The first-order valence-electron chi connectivity index (χ1n) is 9.22. The molecule has 0 saturated carbocycles. The van der Waals surface area contributed by atoms with Crippen molar-refractivity contribution in [2.75, 3.05) is 36.8 Å². The van der Waals surface area contributed by atoms with Crippen LogP contribution in [0, 0.1) is 6.92 Å². The highest BCUT2D eigenvalue weighted by Gasteiger charge is 2.34. The highest BCUT2D eigenvalue weighted by Crippen LogP contribution is 2.30. The van der Waals surface area contributed by atoms with Crippen LogP contribution in [0.4, 0.5) is 11.4 Å². The summed E-state index contributed by atoms with van der Waals surface area (Å²) in [4.78, 5) is 4.93. The summed E-state index contributed by atoms with van der Waals surface area (Å²) < 4.78 is 0. The molecule has 1 fully saturated rings. The maximum Gasteiger partial charge on any atom is 0.0739 e. The lowest BCUT2D eigenvalue weighted by Crippen LogP contribution is -2.56. The number of para-hydroxylation sites is 1. The number of nitrogen functional groups attached to an aromatic ring is 1. The van der Waals surface area contributed by atoms with Crippen LogP contribution in [0.15, 0.2) is 42.5 Å². The number of hydrogen-bond acceptors (Lipinski definition) is 4. The molecule has 0 bridgehead atoms. The lowest BCUT2D eigenvalue weighted by atomic mass is 9.84. The fraction of sp³-hybridized carbons (Fsp3) is 0.429. The van der Waals surface area contributed by atoms with E-state index in [-0.39, 0.29) is 12.1 Å². The van der Waals surface area contributed by atoms with Gasteiger partial charge in [0.2, 0.25) is 0 Å². The third kappa shape index (κ3) is 3.12. The van der Waals surface area contributed by atoms with Crippen LogP contribution in [0.25, 0.3) is 0 Å². The molecule has 0 radical (unpaired) electrons. The largest absolute Gasteiger partial charge is 0.398 e. The molecule has 4 heteroatoms. The Morgan fingerprint density at radius 2 is 1.72 bits per heavy atom. The third-order valence-electron chi connectivity index (χ3n) is 5.84. The van der Waals surface area contributed by atoms with E-state index >= 15 is 0 Å². The molecule has 4 rings (SSSR count). The molecule has 2 atom stereocenters. The van der Waals surface area contributed by atoms with Gasteiger partial charge >= 0.3 is 0 Å². The number of anilines is 2.